The third-order valence-corrected chi connectivity index (χ3v) is 4.48. The maximum atomic E-state index is 12.6. The van der Waals surface area contributed by atoms with Crippen LogP contribution in [-0.2, 0) is 6.54 Å². The van der Waals surface area contributed by atoms with Gasteiger partial charge in [-0.1, -0.05) is 12.1 Å². The fourth-order valence-electron chi connectivity index (χ4n) is 3.18. The van der Waals surface area contributed by atoms with Crippen molar-refractivity contribution in [2.45, 2.75) is 32.9 Å². The first-order chi connectivity index (χ1) is 12.4. The van der Waals surface area contributed by atoms with E-state index in [0.717, 1.165) is 28.0 Å². The molecule has 0 aliphatic carbocycles. The Morgan fingerprint density at radius 3 is 2.85 bits per heavy atom. The summed E-state index contributed by atoms with van der Waals surface area (Å²) in [6.07, 6.45) is 5.76. The van der Waals surface area contributed by atoms with Crippen molar-refractivity contribution >= 4 is 23.0 Å². The summed E-state index contributed by atoms with van der Waals surface area (Å²) in [7, 11) is 0. The molecule has 0 saturated carbocycles. The van der Waals surface area contributed by atoms with Crippen molar-refractivity contribution in [2.75, 3.05) is 0 Å². The normalized spacial score (nSPS) is 14.7. The van der Waals surface area contributed by atoms with Gasteiger partial charge in [-0.15, -0.1) is 0 Å². The number of pyridine rings is 1. The molecule has 0 unspecified atom stereocenters. The summed E-state index contributed by atoms with van der Waals surface area (Å²) in [5.74, 6) is 0.871. The topological polar surface area (TPSA) is 64.4 Å². The highest BCUT2D eigenvalue weighted by Crippen LogP contribution is 2.39. The first-order valence-corrected chi connectivity index (χ1v) is 8.57. The molecular formula is C21H20N2O3. The van der Waals surface area contributed by atoms with Crippen LogP contribution in [0.5, 0.6) is 5.75 Å². The minimum atomic E-state index is -0.346. The van der Waals surface area contributed by atoms with Crippen LogP contribution in [0.4, 0.5) is 0 Å². The van der Waals surface area contributed by atoms with Crippen molar-refractivity contribution in [1.29, 1.82) is 0 Å². The molecule has 3 aromatic rings. The lowest BCUT2D eigenvalue weighted by Gasteiger charge is -2.28. The van der Waals surface area contributed by atoms with Gasteiger partial charge in [0.25, 0.3) is 5.91 Å². The lowest BCUT2D eigenvalue weighted by Crippen LogP contribution is -2.27. The van der Waals surface area contributed by atoms with E-state index in [1.807, 2.05) is 63.3 Å². The average molecular weight is 348 g/mol. The molecule has 2 aromatic heterocycles. The zero-order valence-electron chi connectivity index (χ0n) is 15.0. The van der Waals surface area contributed by atoms with Gasteiger partial charge in [-0.25, -0.2) is 0 Å². The third kappa shape index (κ3) is 2.86. The van der Waals surface area contributed by atoms with Crippen molar-refractivity contribution < 1.29 is 13.9 Å². The van der Waals surface area contributed by atoms with Crippen LogP contribution in [0.2, 0.25) is 0 Å². The van der Waals surface area contributed by atoms with Crippen molar-refractivity contribution in [1.82, 2.24) is 10.3 Å². The zero-order chi connectivity index (χ0) is 18.3. The lowest BCUT2D eigenvalue weighted by atomic mass is 9.98. The fraction of sp³-hybridized carbons (Fsp3) is 0.238. The van der Waals surface area contributed by atoms with E-state index in [-0.39, 0.29) is 11.5 Å². The Morgan fingerprint density at radius 1 is 1.23 bits per heavy atom. The number of aromatic nitrogens is 1. The summed E-state index contributed by atoms with van der Waals surface area (Å²) < 4.78 is 11.9. The number of carbonyl (C=O) groups is 1. The standard InChI is InChI=1S/C21H20N2O3/c1-13-18-15-9-10-21(2,3)26-16(15)7-8-17(18)25-19(13)20(24)23-12-14-6-4-5-11-22-14/h4-11H,12H2,1-3H3,(H,23,24). The maximum Gasteiger partial charge on any atom is 0.287 e. The predicted octanol–water partition coefficient (Wildman–Crippen LogP) is 4.25. The molecular weight excluding hydrogens is 328 g/mol. The molecule has 5 nitrogen and oxygen atoms in total. The van der Waals surface area contributed by atoms with Crippen molar-refractivity contribution in [3.05, 3.63) is 65.2 Å². The third-order valence-electron chi connectivity index (χ3n) is 4.48. The Kier molecular flexibility index (Phi) is 3.80. The molecule has 0 saturated heterocycles. The molecule has 1 aliphatic rings. The van der Waals surface area contributed by atoms with Gasteiger partial charge in [-0.3, -0.25) is 9.78 Å². The summed E-state index contributed by atoms with van der Waals surface area (Å²) in [5.41, 5.74) is 2.89. The van der Waals surface area contributed by atoms with Crippen LogP contribution < -0.4 is 10.1 Å². The number of hydrogen-bond donors (Lipinski definition) is 1. The molecule has 0 radical (unpaired) electrons. The van der Waals surface area contributed by atoms with Crippen LogP contribution >= 0.6 is 0 Å². The molecule has 0 bridgehead atoms. The number of hydrogen-bond acceptors (Lipinski definition) is 4. The summed E-state index contributed by atoms with van der Waals surface area (Å²) >= 11 is 0. The van der Waals surface area contributed by atoms with Crippen LogP contribution in [-0.4, -0.2) is 16.5 Å². The van der Waals surface area contributed by atoms with E-state index in [1.54, 1.807) is 6.20 Å². The van der Waals surface area contributed by atoms with Crippen molar-refractivity contribution in [3.8, 4) is 5.75 Å². The number of carbonyl (C=O) groups excluding carboxylic acids is 1. The molecule has 132 valence electrons. The van der Waals surface area contributed by atoms with Gasteiger partial charge in [0.2, 0.25) is 0 Å². The molecule has 1 aliphatic heterocycles. The van der Waals surface area contributed by atoms with E-state index in [2.05, 4.69) is 10.3 Å². The monoisotopic (exact) mass is 348 g/mol. The van der Waals surface area contributed by atoms with E-state index in [0.29, 0.717) is 17.9 Å². The molecule has 1 N–H and O–H groups in total. The number of furan rings is 1. The molecule has 5 heteroatoms. The number of fused-ring (bicyclic) bond motifs is 3. The van der Waals surface area contributed by atoms with Gasteiger partial charge < -0.3 is 14.5 Å². The van der Waals surface area contributed by atoms with Gasteiger partial charge >= 0.3 is 0 Å². The Morgan fingerprint density at radius 2 is 2.08 bits per heavy atom. The van der Waals surface area contributed by atoms with E-state index < -0.39 is 0 Å². The second-order valence-corrected chi connectivity index (χ2v) is 6.95. The number of rotatable bonds is 3. The van der Waals surface area contributed by atoms with Gasteiger partial charge in [0.05, 0.1) is 12.2 Å². The van der Waals surface area contributed by atoms with E-state index in [4.69, 9.17) is 9.15 Å². The molecule has 0 fully saturated rings. The van der Waals surface area contributed by atoms with Crippen LogP contribution in [0.25, 0.3) is 17.0 Å². The van der Waals surface area contributed by atoms with Gasteiger partial charge in [0, 0.05) is 22.7 Å². The zero-order valence-corrected chi connectivity index (χ0v) is 15.0. The molecule has 3 heterocycles. The Hall–Kier alpha value is -3.08. The molecule has 4 rings (SSSR count). The minimum Gasteiger partial charge on any atom is -0.483 e. The van der Waals surface area contributed by atoms with Crippen LogP contribution in [0.3, 0.4) is 0 Å². The van der Waals surface area contributed by atoms with E-state index in [1.165, 1.54) is 0 Å². The van der Waals surface area contributed by atoms with Crippen LogP contribution in [0.15, 0.2) is 47.0 Å². The first kappa shape index (κ1) is 16.4. The molecule has 1 amide bonds. The van der Waals surface area contributed by atoms with Gasteiger partial charge in [0.15, 0.2) is 5.76 Å². The van der Waals surface area contributed by atoms with Crippen LogP contribution in [0, 0.1) is 6.92 Å². The molecule has 0 atom stereocenters. The molecule has 1 aromatic carbocycles. The molecule has 0 spiro atoms. The highest BCUT2D eigenvalue weighted by atomic mass is 16.5. The van der Waals surface area contributed by atoms with Gasteiger partial charge in [-0.05, 0) is 51.1 Å². The first-order valence-electron chi connectivity index (χ1n) is 8.57. The van der Waals surface area contributed by atoms with Crippen LogP contribution in [0.1, 0.15) is 41.2 Å². The highest BCUT2D eigenvalue weighted by Gasteiger charge is 2.26. The summed E-state index contributed by atoms with van der Waals surface area (Å²) in [4.78, 5) is 16.8. The number of aryl methyl sites for hydroxylation is 1. The fourth-order valence-corrected chi connectivity index (χ4v) is 3.18. The number of nitrogens with one attached hydrogen (secondary N) is 1. The summed E-state index contributed by atoms with van der Waals surface area (Å²) in [5, 5.41) is 3.78. The summed E-state index contributed by atoms with van der Waals surface area (Å²) in [6.45, 7) is 6.27. The Balaban J connectivity index is 1.67. The number of ether oxygens (including phenoxy) is 1. The predicted molar refractivity (Wildman–Crippen MR) is 100 cm³/mol. The quantitative estimate of drug-likeness (QED) is 0.768. The largest absolute Gasteiger partial charge is 0.483 e. The smallest absolute Gasteiger partial charge is 0.287 e. The Bertz CT molecular complexity index is 1020. The second-order valence-electron chi connectivity index (χ2n) is 6.95. The SMILES string of the molecule is Cc1c(C(=O)NCc2ccccn2)oc2ccc3c(c12)C=CC(C)(C)O3. The number of benzene rings is 1. The minimum absolute atomic E-state index is 0.251. The average Bonchev–Trinajstić information content (AvgIpc) is 2.97. The van der Waals surface area contributed by atoms with E-state index >= 15 is 0 Å². The molecule has 26 heavy (non-hydrogen) atoms. The number of amides is 1. The van der Waals surface area contributed by atoms with Gasteiger partial charge in [0.1, 0.15) is 16.9 Å². The van der Waals surface area contributed by atoms with E-state index in [9.17, 15) is 4.79 Å². The summed E-state index contributed by atoms with van der Waals surface area (Å²) in [6, 6.07) is 9.34. The highest BCUT2D eigenvalue weighted by molar-refractivity contribution is 6.02. The second kappa shape index (κ2) is 6.02. The van der Waals surface area contributed by atoms with Gasteiger partial charge in [-0.2, -0.15) is 0 Å². The Labute approximate surface area is 151 Å². The van der Waals surface area contributed by atoms with Crippen molar-refractivity contribution in [2.24, 2.45) is 0 Å². The maximum absolute atomic E-state index is 12.6. The number of nitrogens with zero attached hydrogens (tertiary/aromatic N) is 1. The lowest BCUT2D eigenvalue weighted by molar-refractivity contribution is 0.0924. The van der Waals surface area contributed by atoms with Crippen molar-refractivity contribution in [3.63, 3.8) is 0 Å².